The fourth-order valence-electron chi connectivity index (χ4n) is 2.05. The summed E-state index contributed by atoms with van der Waals surface area (Å²) in [5.74, 6) is 1.59. The zero-order valence-electron chi connectivity index (χ0n) is 11.8. The number of ether oxygens (including phenoxy) is 1. The van der Waals surface area contributed by atoms with Crippen molar-refractivity contribution >= 4 is 0 Å². The van der Waals surface area contributed by atoms with Crippen molar-refractivity contribution in [3.63, 3.8) is 0 Å². The Bertz CT molecular complexity index is 552. The summed E-state index contributed by atoms with van der Waals surface area (Å²) >= 11 is 0. The Hall–Kier alpha value is -1.94. The van der Waals surface area contributed by atoms with E-state index in [1.54, 1.807) is 7.11 Å². The maximum Gasteiger partial charge on any atom is 0.149 e. The predicted molar refractivity (Wildman–Crippen MR) is 75.4 cm³/mol. The SMILES string of the molecule is CNC(c1ncc(C)cn1)c1cc(C)ccc1OC. The van der Waals surface area contributed by atoms with Gasteiger partial charge in [-0.1, -0.05) is 17.7 Å². The van der Waals surface area contributed by atoms with Gasteiger partial charge in [0.05, 0.1) is 13.2 Å². The van der Waals surface area contributed by atoms with Gasteiger partial charge in [-0.15, -0.1) is 0 Å². The van der Waals surface area contributed by atoms with Gasteiger partial charge in [-0.3, -0.25) is 0 Å². The number of hydrogen-bond donors (Lipinski definition) is 1. The van der Waals surface area contributed by atoms with E-state index in [1.165, 1.54) is 5.56 Å². The molecular weight excluding hydrogens is 238 g/mol. The van der Waals surface area contributed by atoms with E-state index in [0.717, 1.165) is 22.7 Å². The minimum atomic E-state index is -0.0737. The number of benzene rings is 1. The van der Waals surface area contributed by atoms with Crippen LogP contribution in [0.5, 0.6) is 5.75 Å². The van der Waals surface area contributed by atoms with E-state index in [1.807, 2.05) is 38.5 Å². The summed E-state index contributed by atoms with van der Waals surface area (Å²) in [5, 5.41) is 3.25. The monoisotopic (exact) mass is 257 g/mol. The number of nitrogens with one attached hydrogen (secondary N) is 1. The van der Waals surface area contributed by atoms with Crippen molar-refractivity contribution in [1.82, 2.24) is 15.3 Å². The molecule has 0 aliphatic carbocycles. The minimum absolute atomic E-state index is 0.0737. The highest BCUT2D eigenvalue weighted by atomic mass is 16.5. The van der Waals surface area contributed by atoms with E-state index in [0.29, 0.717) is 0 Å². The predicted octanol–water partition coefficient (Wildman–Crippen LogP) is 2.41. The van der Waals surface area contributed by atoms with Crippen molar-refractivity contribution in [2.45, 2.75) is 19.9 Å². The molecule has 1 unspecified atom stereocenters. The van der Waals surface area contributed by atoms with Crippen LogP contribution in [0.2, 0.25) is 0 Å². The average Bonchev–Trinajstić information content (AvgIpc) is 2.42. The fraction of sp³-hybridized carbons (Fsp3) is 0.333. The molecule has 1 N–H and O–H groups in total. The zero-order valence-corrected chi connectivity index (χ0v) is 11.8. The Morgan fingerprint density at radius 2 is 1.79 bits per heavy atom. The highest BCUT2D eigenvalue weighted by Gasteiger charge is 2.19. The first-order valence-corrected chi connectivity index (χ1v) is 6.26. The van der Waals surface area contributed by atoms with E-state index in [2.05, 4.69) is 28.3 Å². The first-order valence-electron chi connectivity index (χ1n) is 6.26. The van der Waals surface area contributed by atoms with E-state index in [4.69, 9.17) is 4.74 Å². The molecule has 4 nitrogen and oxygen atoms in total. The molecule has 2 rings (SSSR count). The molecule has 0 aliphatic heterocycles. The van der Waals surface area contributed by atoms with Crippen LogP contribution in [0.4, 0.5) is 0 Å². The van der Waals surface area contributed by atoms with Crippen LogP contribution in [0.1, 0.15) is 28.6 Å². The van der Waals surface area contributed by atoms with Crippen LogP contribution in [-0.4, -0.2) is 24.1 Å². The zero-order chi connectivity index (χ0) is 13.8. The summed E-state index contributed by atoms with van der Waals surface area (Å²) in [6.07, 6.45) is 3.66. The number of hydrogen-bond acceptors (Lipinski definition) is 4. The molecule has 0 spiro atoms. The Kier molecular flexibility index (Phi) is 4.12. The second kappa shape index (κ2) is 5.80. The number of rotatable bonds is 4. The van der Waals surface area contributed by atoms with Crippen LogP contribution in [0.25, 0.3) is 0 Å². The lowest BCUT2D eigenvalue weighted by Gasteiger charge is -2.18. The van der Waals surface area contributed by atoms with Crippen LogP contribution >= 0.6 is 0 Å². The van der Waals surface area contributed by atoms with Gasteiger partial charge in [0.25, 0.3) is 0 Å². The number of nitrogens with zero attached hydrogens (tertiary/aromatic N) is 2. The van der Waals surface area contributed by atoms with E-state index < -0.39 is 0 Å². The van der Waals surface area contributed by atoms with Crippen LogP contribution in [0.15, 0.2) is 30.6 Å². The topological polar surface area (TPSA) is 47.0 Å². The minimum Gasteiger partial charge on any atom is -0.496 e. The average molecular weight is 257 g/mol. The van der Waals surface area contributed by atoms with Crippen molar-refractivity contribution in [3.05, 3.63) is 53.1 Å². The highest BCUT2D eigenvalue weighted by molar-refractivity contribution is 5.41. The molecule has 19 heavy (non-hydrogen) atoms. The van der Waals surface area contributed by atoms with Gasteiger partial charge in [-0.2, -0.15) is 0 Å². The van der Waals surface area contributed by atoms with Gasteiger partial charge in [0.15, 0.2) is 0 Å². The van der Waals surface area contributed by atoms with Gasteiger partial charge in [0.1, 0.15) is 11.6 Å². The summed E-state index contributed by atoms with van der Waals surface area (Å²) in [4.78, 5) is 8.80. The standard InChI is InChI=1S/C15H19N3O/c1-10-5-6-13(19-4)12(7-10)14(16-3)15-17-8-11(2)9-18-15/h5-9,14,16H,1-4H3. The molecule has 0 radical (unpaired) electrons. The molecule has 1 aromatic heterocycles. The Morgan fingerprint density at radius 1 is 1.11 bits per heavy atom. The molecule has 0 bridgehead atoms. The molecule has 0 amide bonds. The van der Waals surface area contributed by atoms with Crippen LogP contribution < -0.4 is 10.1 Å². The molecule has 0 aliphatic rings. The molecule has 1 heterocycles. The molecule has 4 heteroatoms. The Labute approximate surface area is 113 Å². The van der Waals surface area contributed by atoms with Gasteiger partial charge >= 0.3 is 0 Å². The summed E-state index contributed by atoms with van der Waals surface area (Å²) in [7, 11) is 3.58. The molecule has 0 saturated heterocycles. The molecule has 0 fully saturated rings. The van der Waals surface area contributed by atoms with Gasteiger partial charge in [0.2, 0.25) is 0 Å². The maximum absolute atomic E-state index is 5.43. The van der Waals surface area contributed by atoms with Crippen molar-refractivity contribution < 1.29 is 4.74 Å². The summed E-state index contributed by atoms with van der Waals surface area (Å²) in [6, 6.07) is 6.03. The molecule has 1 aromatic carbocycles. The number of aromatic nitrogens is 2. The molecular formula is C15H19N3O. The largest absolute Gasteiger partial charge is 0.496 e. The van der Waals surface area contributed by atoms with Crippen LogP contribution in [0.3, 0.4) is 0 Å². The normalized spacial score (nSPS) is 12.2. The van der Waals surface area contributed by atoms with Crippen molar-refractivity contribution in [2.24, 2.45) is 0 Å². The van der Waals surface area contributed by atoms with Crippen molar-refractivity contribution in [2.75, 3.05) is 14.2 Å². The third kappa shape index (κ3) is 2.90. The molecule has 0 saturated carbocycles. The summed E-state index contributed by atoms with van der Waals surface area (Å²) < 4.78 is 5.43. The second-order valence-corrected chi connectivity index (χ2v) is 4.59. The third-order valence-corrected chi connectivity index (χ3v) is 3.04. The molecule has 2 aromatic rings. The lowest BCUT2D eigenvalue weighted by Crippen LogP contribution is -2.21. The lowest BCUT2D eigenvalue weighted by molar-refractivity contribution is 0.404. The van der Waals surface area contributed by atoms with E-state index >= 15 is 0 Å². The maximum atomic E-state index is 5.43. The third-order valence-electron chi connectivity index (χ3n) is 3.04. The second-order valence-electron chi connectivity index (χ2n) is 4.59. The molecule has 100 valence electrons. The van der Waals surface area contributed by atoms with Crippen molar-refractivity contribution in [3.8, 4) is 5.75 Å². The fourth-order valence-corrected chi connectivity index (χ4v) is 2.05. The highest BCUT2D eigenvalue weighted by Crippen LogP contribution is 2.28. The van der Waals surface area contributed by atoms with Crippen molar-refractivity contribution in [1.29, 1.82) is 0 Å². The summed E-state index contributed by atoms with van der Waals surface area (Å²) in [5.41, 5.74) is 3.28. The van der Waals surface area contributed by atoms with Crippen LogP contribution in [-0.2, 0) is 0 Å². The lowest BCUT2D eigenvalue weighted by atomic mass is 10.0. The first-order chi connectivity index (χ1) is 9.15. The first kappa shape index (κ1) is 13.5. The van der Waals surface area contributed by atoms with Gasteiger partial charge in [0, 0.05) is 18.0 Å². The van der Waals surface area contributed by atoms with Gasteiger partial charge in [-0.25, -0.2) is 9.97 Å². The van der Waals surface area contributed by atoms with Gasteiger partial charge < -0.3 is 10.1 Å². The molecule has 1 atom stereocenters. The van der Waals surface area contributed by atoms with Gasteiger partial charge in [-0.05, 0) is 32.5 Å². The summed E-state index contributed by atoms with van der Waals surface area (Å²) in [6.45, 7) is 4.04. The Morgan fingerprint density at radius 3 is 2.37 bits per heavy atom. The number of aryl methyl sites for hydroxylation is 2. The smallest absolute Gasteiger partial charge is 0.149 e. The Balaban J connectivity index is 2.47. The van der Waals surface area contributed by atoms with E-state index in [9.17, 15) is 0 Å². The van der Waals surface area contributed by atoms with Crippen LogP contribution in [0, 0.1) is 13.8 Å². The van der Waals surface area contributed by atoms with E-state index in [-0.39, 0.29) is 6.04 Å². The quantitative estimate of drug-likeness (QED) is 0.913. The number of methoxy groups -OCH3 is 1.